The van der Waals surface area contributed by atoms with Gasteiger partial charge in [0.2, 0.25) is 0 Å². The fourth-order valence-corrected chi connectivity index (χ4v) is 3.49. The molecule has 2 fully saturated rings. The van der Waals surface area contributed by atoms with Crippen molar-refractivity contribution in [2.75, 3.05) is 38.0 Å². The number of pyridine rings is 1. The molecule has 0 amide bonds. The molecule has 4 heteroatoms. The normalized spacial score (nSPS) is 23.8. The number of hydrogen-bond acceptors (Lipinski definition) is 4. The van der Waals surface area contributed by atoms with Crippen molar-refractivity contribution in [3.63, 3.8) is 0 Å². The summed E-state index contributed by atoms with van der Waals surface area (Å²) in [5.74, 6) is 0.997. The summed E-state index contributed by atoms with van der Waals surface area (Å²) in [4.78, 5) is 9.78. The van der Waals surface area contributed by atoms with Crippen LogP contribution in [-0.2, 0) is 6.54 Å². The fourth-order valence-electron chi connectivity index (χ4n) is 3.49. The van der Waals surface area contributed by atoms with Crippen LogP contribution in [0, 0.1) is 0 Å². The number of nitrogens with one attached hydrogen (secondary N) is 1. The van der Waals surface area contributed by atoms with Crippen LogP contribution in [-0.4, -0.2) is 53.5 Å². The first kappa shape index (κ1) is 14.8. The molecule has 116 valence electrons. The molecule has 21 heavy (non-hydrogen) atoms. The molecule has 0 aromatic carbocycles. The maximum Gasteiger partial charge on any atom is 0.125 e. The lowest BCUT2D eigenvalue weighted by Crippen LogP contribution is -2.35. The fraction of sp³-hybridized carbons (Fsp3) is 0.706. The maximum absolute atomic E-state index is 4.51. The lowest BCUT2D eigenvalue weighted by Gasteiger charge is -2.23. The lowest BCUT2D eigenvalue weighted by atomic mass is 10.2. The third-order valence-corrected chi connectivity index (χ3v) is 4.69. The minimum atomic E-state index is 0.797. The van der Waals surface area contributed by atoms with Crippen LogP contribution in [0.5, 0.6) is 0 Å². The predicted octanol–water partition coefficient (Wildman–Crippen LogP) is 2.57. The smallest absolute Gasteiger partial charge is 0.125 e. The SMILES string of the molecule is CCCNc1ccc(CN2CCC(N3CCCC3)C2)cn1. The summed E-state index contributed by atoms with van der Waals surface area (Å²) in [5, 5.41) is 3.33. The highest BCUT2D eigenvalue weighted by Gasteiger charge is 2.28. The summed E-state index contributed by atoms with van der Waals surface area (Å²) in [7, 11) is 0. The zero-order chi connectivity index (χ0) is 14.5. The Morgan fingerprint density at radius 1 is 1.24 bits per heavy atom. The number of likely N-dealkylation sites (tertiary alicyclic amines) is 2. The summed E-state index contributed by atoms with van der Waals surface area (Å²) in [6.45, 7) is 9.31. The zero-order valence-corrected chi connectivity index (χ0v) is 13.2. The molecule has 3 rings (SSSR count). The highest BCUT2D eigenvalue weighted by atomic mass is 15.3. The topological polar surface area (TPSA) is 31.4 Å². The maximum atomic E-state index is 4.51. The summed E-state index contributed by atoms with van der Waals surface area (Å²) < 4.78 is 0. The molecule has 2 aliphatic rings. The standard InChI is InChI=1S/C17H28N4/c1-2-8-18-17-6-5-15(12-19-17)13-20-11-7-16(14-20)21-9-3-4-10-21/h5-6,12,16H,2-4,7-11,13-14H2,1H3,(H,18,19). The molecule has 0 saturated carbocycles. The molecule has 2 saturated heterocycles. The molecule has 1 aromatic heterocycles. The van der Waals surface area contributed by atoms with Crippen molar-refractivity contribution >= 4 is 5.82 Å². The van der Waals surface area contributed by atoms with Gasteiger partial charge in [0.25, 0.3) is 0 Å². The van der Waals surface area contributed by atoms with E-state index in [4.69, 9.17) is 0 Å². The molecule has 3 heterocycles. The third kappa shape index (κ3) is 3.95. The molecule has 1 N–H and O–H groups in total. The molecular formula is C17H28N4. The number of aromatic nitrogens is 1. The summed E-state index contributed by atoms with van der Waals surface area (Å²) in [6, 6.07) is 5.12. The Balaban J connectivity index is 1.48. The zero-order valence-electron chi connectivity index (χ0n) is 13.2. The van der Waals surface area contributed by atoms with Crippen LogP contribution < -0.4 is 5.32 Å². The summed E-state index contributed by atoms with van der Waals surface area (Å²) >= 11 is 0. The first-order valence-electron chi connectivity index (χ1n) is 8.50. The third-order valence-electron chi connectivity index (χ3n) is 4.69. The van der Waals surface area contributed by atoms with Crippen LogP contribution in [0.1, 0.15) is 38.2 Å². The van der Waals surface area contributed by atoms with Crippen LogP contribution in [0.15, 0.2) is 18.3 Å². The Labute approximate surface area is 128 Å². The van der Waals surface area contributed by atoms with Crippen molar-refractivity contribution in [3.05, 3.63) is 23.9 Å². The van der Waals surface area contributed by atoms with Gasteiger partial charge in [0, 0.05) is 38.4 Å². The van der Waals surface area contributed by atoms with Crippen LogP contribution in [0.2, 0.25) is 0 Å². The van der Waals surface area contributed by atoms with E-state index in [2.05, 4.69) is 39.2 Å². The van der Waals surface area contributed by atoms with E-state index in [1.807, 2.05) is 6.20 Å². The van der Waals surface area contributed by atoms with E-state index in [-0.39, 0.29) is 0 Å². The molecule has 0 radical (unpaired) electrons. The van der Waals surface area contributed by atoms with E-state index in [9.17, 15) is 0 Å². The molecule has 0 spiro atoms. The summed E-state index contributed by atoms with van der Waals surface area (Å²) in [5.41, 5.74) is 1.33. The van der Waals surface area contributed by atoms with Gasteiger partial charge < -0.3 is 5.32 Å². The van der Waals surface area contributed by atoms with E-state index >= 15 is 0 Å². The van der Waals surface area contributed by atoms with Gasteiger partial charge in [-0.1, -0.05) is 13.0 Å². The van der Waals surface area contributed by atoms with E-state index in [1.54, 1.807) is 0 Å². The Bertz CT molecular complexity index is 425. The van der Waals surface area contributed by atoms with Gasteiger partial charge in [-0.3, -0.25) is 9.80 Å². The highest BCUT2D eigenvalue weighted by molar-refractivity contribution is 5.35. The Morgan fingerprint density at radius 3 is 2.81 bits per heavy atom. The Hall–Kier alpha value is -1.13. The average molecular weight is 288 g/mol. The van der Waals surface area contributed by atoms with Crippen molar-refractivity contribution in [3.8, 4) is 0 Å². The Kier molecular flexibility index (Phi) is 5.09. The highest BCUT2D eigenvalue weighted by Crippen LogP contribution is 2.21. The first-order valence-corrected chi connectivity index (χ1v) is 8.50. The largest absolute Gasteiger partial charge is 0.370 e. The van der Waals surface area contributed by atoms with Crippen LogP contribution in [0.3, 0.4) is 0 Å². The molecular weight excluding hydrogens is 260 g/mol. The molecule has 4 nitrogen and oxygen atoms in total. The average Bonchev–Trinajstić information content (AvgIpc) is 3.17. The van der Waals surface area contributed by atoms with E-state index < -0.39 is 0 Å². The van der Waals surface area contributed by atoms with Crippen molar-refractivity contribution < 1.29 is 0 Å². The van der Waals surface area contributed by atoms with Crippen molar-refractivity contribution in [2.24, 2.45) is 0 Å². The summed E-state index contributed by atoms with van der Waals surface area (Å²) in [6.07, 6.45) is 7.29. The monoisotopic (exact) mass is 288 g/mol. The number of rotatable bonds is 6. The van der Waals surface area contributed by atoms with Gasteiger partial charge in [-0.25, -0.2) is 4.98 Å². The van der Waals surface area contributed by atoms with Crippen molar-refractivity contribution in [1.29, 1.82) is 0 Å². The van der Waals surface area contributed by atoms with Gasteiger partial charge in [0.1, 0.15) is 5.82 Å². The van der Waals surface area contributed by atoms with Crippen LogP contribution in [0.25, 0.3) is 0 Å². The minimum absolute atomic E-state index is 0.797. The molecule has 2 aliphatic heterocycles. The number of nitrogens with zero attached hydrogens (tertiary/aromatic N) is 3. The van der Waals surface area contributed by atoms with Crippen molar-refractivity contribution in [2.45, 2.75) is 45.2 Å². The Morgan fingerprint density at radius 2 is 2.10 bits per heavy atom. The number of anilines is 1. The minimum Gasteiger partial charge on any atom is -0.370 e. The van der Waals surface area contributed by atoms with Gasteiger partial charge in [0.15, 0.2) is 0 Å². The van der Waals surface area contributed by atoms with E-state index in [0.29, 0.717) is 0 Å². The van der Waals surface area contributed by atoms with Crippen LogP contribution in [0.4, 0.5) is 5.82 Å². The molecule has 0 aliphatic carbocycles. The van der Waals surface area contributed by atoms with Crippen molar-refractivity contribution in [1.82, 2.24) is 14.8 Å². The van der Waals surface area contributed by atoms with E-state index in [0.717, 1.165) is 31.4 Å². The predicted molar refractivity (Wildman–Crippen MR) is 87.5 cm³/mol. The van der Waals surface area contributed by atoms with Gasteiger partial charge >= 0.3 is 0 Å². The molecule has 1 unspecified atom stereocenters. The first-order chi connectivity index (χ1) is 10.3. The van der Waals surface area contributed by atoms with Crippen LogP contribution >= 0.6 is 0 Å². The van der Waals surface area contributed by atoms with Gasteiger partial charge in [-0.2, -0.15) is 0 Å². The molecule has 1 aromatic rings. The lowest BCUT2D eigenvalue weighted by molar-refractivity contribution is 0.230. The molecule has 0 bridgehead atoms. The van der Waals surface area contributed by atoms with Gasteiger partial charge in [0.05, 0.1) is 0 Å². The second-order valence-electron chi connectivity index (χ2n) is 6.40. The quantitative estimate of drug-likeness (QED) is 0.872. The molecule has 1 atom stereocenters. The van der Waals surface area contributed by atoms with E-state index in [1.165, 1.54) is 51.0 Å². The second-order valence-corrected chi connectivity index (χ2v) is 6.40. The van der Waals surface area contributed by atoms with Gasteiger partial charge in [-0.15, -0.1) is 0 Å². The number of hydrogen-bond donors (Lipinski definition) is 1. The second kappa shape index (κ2) is 7.23. The van der Waals surface area contributed by atoms with Gasteiger partial charge in [-0.05, 0) is 50.4 Å².